The van der Waals surface area contributed by atoms with Crippen molar-refractivity contribution in [1.29, 1.82) is 0 Å². The fourth-order valence-corrected chi connectivity index (χ4v) is 4.68. The number of aryl methyl sites for hydroxylation is 3. The molecule has 1 amide bonds. The van der Waals surface area contributed by atoms with E-state index in [1.165, 1.54) is 15.9 Å². The van der Waals surface area contributed by atoms with E-state index in [1.807, 2.05) is 32.0 Å². The number of aromatic nitrogens is 3. The fraction of sp³-hybridized carbons (Fsp3) is 0.200. The van der Waals surface area contributed by atoms with Gasteiger partial charge in [-0.05, 0) is 56.7 Å². The molecule has 0 aliphatic carbocycles. The molecule has 1 aromatic carbocycles. The Hall–Kier alpha value is -2.58. The van der Waals surface area contributed by atoms with E-state index in [1.54, 1.807) is 19.1 Å². The van der Waals surface area contributed by atoms with Crippen LogP contribution in [-0.2, 0) is 11.3 Å². The number of nitrogens with one attached hydrogen (secondary N) is 1. The first kappa shape index (κ1) is 18.8. The minimum absolute atomic E-state index is 0.0939. The van der Waals surface area contributed by atoms with E-state index < -0.39 is 0 Å². The monoisotopic (exact) mass is 456 g/mol. The zero-order valence-electron chi connectivity index (χ0n) is 15.5. The number of fused-ring (bicyclic) bond motifs is 3. The van der Waals surface area contributed by atoms with E-state index in [-0.39, 0.29) is 18.0 Å². The fourth-order valence-electron chi connectivity index (χ4n) is 3.23. The summed E-state index contributed by atoms with van der Waals surface area (Å²) in [6.45, 7) is 5.58. The molecule has 28 heavy (non-hydrogen) atoms. The van der Waals surface area contributed by atoms with Gasteiger partial charge in [0.05, 0.1) is 5.52 Å². The molecule has 0 radical (unpaired) electrons. The van der Waals surface area contributed by atoms with Crippen LogP contribution in [0.1, 0.15) is 17.1 Å². The van der Waals surface area contributed by atoms with E-state index >= 15 is 0 Å². The van der Waals surface area contributed by atoms with Crippen LogP contribution in [0.25, 0.3) is 20.4 Å². The zero-order valence-corrected chi connectivity index (χ0v) is 17.9. The predicted molar refractivity (Wildman–Crippen MR) is 116 cm³/mol. The van der Waals surface area contributed by atoms with Crippen molar-refractivity contribution in [2.75, 3.05) is 5.32 Å². The lowest BCUT2D eigenvalue weighted by atomic mass is 10.1. The second-order valence-electron chi connectivity index (χ2n) is 6.65. The van der Waals surface area contributed by atoms with E-state index in [9.17, 15) is 9.59 Å². The van der Waals surface area contributed by atoms with Crippen molar-refractivity contribution in [2.45, 2.75) is 27.3 Å². The molecular weight excluding hydrogens is 440 g/mol. The van der Waals surface area contributed by atoms with E-state index in [0.29, 0.717) is 21.7 Å². The third kappa shape index (κ3) is 3.33. The van der Waals surface area contributed by atoms with Gasteiger partial charge in [-0.2, -0.15) is 0 Å². The second-order valence-corrected chi connectivity index (χ2v) is 8.56. The number of halogens is 1. The van der Waals surface area contributed by atoms with Crippen molar-refractivity contribution in [1.82, 2.24) is 14.5 Å². The Labute approximate surface area is 173 Å². The van der Waals surface area contributed by atoms with Gasteiger partial charge in [0.15, 0.2) is 0 Å². The maximum atomic E-state index is 13.1. The number of carbonyl (C=O) groups excluding carboxylic acids is 1. The van der Waals surface area contributed by atoms with E-state index in [2.05, 4.69) is 31.2 Å². The van der Waals surface area contributed by atoms with Gasteiger partial charge in [-0.15, -0.1) is 11.3 Å². The number of hydrogen-bond acceptors (Lipinski definition) is 5. The lowest BCUT2D eigenvalue weighted by Gasteiger charge is -2.10. The van der Waals surface area contributed by atoms with Gasteiger partial charge < -0.3 is 5.32 Å². The molecule has 0 bridgehead atoms. The van der Waals surface area contributed by atoms with Gasteiger partial charge in [-0.25, -0.2) is 9.97 Å². The number of nitrogens with zero attached hydrogens (tertiary/aromatic N) is 3. The van der Waals surface area contributed by atoms with Crippen molar-refractivity contribution in [2.24, 2.45) is 0 Å². The Morgan fingerprint density at radius 2 is 1.89 bits per heavy atom. The number of anilines is 1. The first-order chi connectivity index (χ1) is 13.3. The highest BCUT2D eigenvalue weighted by atomic mass is 79.9. The summed E-state index contributed by atoms with van der Waals surface area (Å²) >= 11 is 4.69. The molecule has 0 spiro atoms. The highest BCUT2D eigenvalue weighted by molar-refractivity contribution is 9.10. The van der Waals surface area contributed by atoms with Crippen LogP contribution < -0.4 is 10.9 Å². The number of hydrogen-bond donors (Lipinski definition) is 1. The molecule has 4 rings (SSSR count). The average Bonchev–Trinajstić information content (AvgIpc) is 2.99. The van der Waals surface area contributed by atoms with Crippen LogP contribution >= 0.6 is 27.3 Å². The summed E-state index contributed by atoms with van der Waals surface area (Å²) < 4.78 is 2.86. The number of thiophene rings is 1. The first-order valence-electron chi connectivity index (χ1n) is 8.67. The average molecular weight is 457 g/mol. The molecule has 3 heterocycles. The standard InChI is InChI=1S/C20H17BrN4O2S/c1-10-8-11(2)22-19-16(10)17-18(28-19)20(27)25(12(3)23-17)9-15(26)24-14-6-4-13(21)5-7-14/h4-8H,9H2,1-3H3,(H,24,26). The Bertz CT molecular complexity index is 1290. The maximum Gasteiger partial charge on any atom is 0.272 e. The molecule has 4 aromatic rings. The Kier molecular flexibility index (Phi) is 4.76. The molecule has 0 fully saturated rings. The molecule has 0 aliphatic heterocycles. The molecular formula is C20H17BrN4O2S. The topological polar surface area (TPSA) is 76.9 Å². The molecule has 0 atom stereocenters. The van der Waals surface area contributed by atoms with Gasteiger partial charge in [0.2, 0.25) is 5.91 Å². The molecule has 0 unspecified atom stereocenters. The molecule has 3 aromatic heterocycles. The summed E-state index contributed by atoms with van der Waals surface area (Å²) in [5.74, 6) is 0.225. The molecule has 6 nitrogen and oxygen atoms in total. The third-order valence-corrected chi connectivity index (χ3v) is 6.08. The SMILES string of the molecule is Cc1cc(C)c2c(n1)sc1c(=O)n(CC(=O)Nc3ccc(Br)cc3)c(C)nc12. The largest absolute Gasteiger partial charge is 0.325 e. The molecule has 0 saturated carbocycles. The van der Waals surface area contributed by atoms with Gasteiger partial charge in [-0.1, -0.05) is 15.9 Å². The van der Waals surface area contributed by atoms with Crippen molar-refractivity contribution < 1.29 is 4.79 Å². The molecule has 0 saturated heterocycles. The highest BCUT2D eigenvalue weighted by Crippen LogP contribution is 2.32. The van der Waals surface area contributed by atoms with Crippen LogP contribution in [0.3, 0.4) is 0 Å². The number of amides is 1. The zero-order chi connectivity index (χ0) is 20.0. The lowest BCUT2D eigenvalue weighted by molar-refractivity contribution is -0.116. The van der Waals surface area contributed by atoms with Crippen LogP contribution in [-0.4, -0.2) is 20.4 Å². The van der Waals surface area contributed by atoms with Crippen LogP contribution in [0.4, 0.5) is 5.69 Å². The highest BCUT2D eigenvalue weighted by Gasteiger charge is 2.18. The summed E-state index contributed by atoms with van der Waals surface area (Å²) in [7, 11) is 0. The van der Waals surface area contributed by atoms with E-state index in [4.69, 9.17) is 0 Å². The predicted octanol–water partition coefficient (Wildman–Crippen LogP) is 4.33. The quantitative estimate of drug-likeness (QED) is 0.497. The van der Waals surface area contributed by atoms with Gasteiger partial charge in [-0.3, -0.25) is 14.2 Å². The normalized spacial score (nSPS) is 11.3. The molecule has 142 valence electrons. The third-order valence-electron chi connectivity index (χ3n) is 4.50. The Balaban J connectivity index is 1.74. The first-order valence-corrected chi connectivity index (χ1v) is 10.3. The summed E-state index contributed by atoms with van der Waals surface area (Å²) in [6.07, 6.45) is 0. The molecule has 1 N–H and O–H groups in total. The van der Waals surface area contributed by atoms with Crippen LogP contribution in [0.5, 0.6) is 0 Å². The van der Waals surface area contributed by atoms with Crippen LogP contribution in [0.2, 0.25) is 0 Å². The van der Waals surface area contributed by atoms with Crippen LogP contribution in [0.15, 0.2) is 39.6 Å². The van der Waals surface area contributed by atoms with Crippen molar-refractivity contribution in [3.05, 3.63) is 62.2 Å². The van der Waals surface area contributed by atoms with Crippen molar-refractivity contribution >= 4 is 59.3 Å². The maximum absolute atomic E-state index is 13.1. The minimum atomic E-state index is -0.278. The Morgan fingerprint density at radius 3 is 2.61 bits per heavy atom. The van der Waals surface area contributed by atoms with Gasteiger partial charge >= 0.3 is 0 Å². The molecule has 8 heteroatoms. The summed E-state index contributed by atoms with van der Waals surface area (Å²) in [5.41, 5.74) is 3.07. The van der Waals surface area contributed by atoms with Gasteiger partial charge in [0.1, 0.15) is 21.9 Å². The number of carbonyl (C=O) groups is 1. The second kappa shape index (κ2) is 7.10. The van der Waals surface area contributed by atoms with E-state index in [0.717, 1.165) is 25.9 Å². The van der Waals surface area contributed by atoms with Crippen molar-refractivity contribution in [3.63, 3.8) is 0 Å². The number of benzene rings is 1. The Morgan fingerprint density at radius 1 is 1.18 bits per heavy atom. The summed E-state index contributed by atoms with van der Waals surface area (Å²) in [5, 5.41) is 3.72. The van der Waals surface area contributed by atoms with Crippen molar-refractivity contribution in [3.8, 4) is 0 Å². The summed E-state index contributed by atoms with van der Waals surface area (Å²) in [6, 6.07) is 9.26. The van der Waals surface area contributed by atoms with Gasteiger partial charge in [0.25, 0.3) is 5.56 Å². The molecule has 0 aliphatic rings. The lowest BCUT2D eigenvalue weighted by Crippen LogP contribution is -2.29. The smallest absolute Gasteiger partial charge is 0.272 e. The van der Waals surface area contributed by atoms with Crippen LogP contribution in [0, 0.1) is 20.8 Å². The summed E-state index contributed by atoms with van der Waals surface area (Å²) in [4.78, 5) is 35.5. The van der Waals surface area contributed by atoms with Gasteiger partial charge in [0, 0.05) is 21.2 Å². The number of rotatable bonds is 3. The minimum Gasteiger partial charge on any atom is -0.325 e. The number of pyridine rings is 1.